The van der Waals surface area contributed by atoms with Gasteiger partial charge >= 0.3 is 30.0 Å². The van der Waals surface area contributed by atoms with E-state index in [-0.39, 0.29) is 108 Å². The fraction of sp³-hybridized carbons (Fsp3) is 0.346. The quantitative estimate of drug-likeness (QED) is 0.0123. The first-order valence-electron chi connectivity index (χ1n) is 36.1. The normalized spacial score (nSPS) is 14.1. The van der Waals surface area contributed by atoms with Crippen LogP contribution in [0.2, 0.25) is 0 Å². The van der Waals surface area contributed by atoms with E-state index < -0.39 is 18.9 Å². The Hall–Kier alpha value is -10.8. The van der Waals surface area contributed by atoms with Crippen molar-refractivity contribution >= 4 is 117 Å². The number of sulfone groups is 1. The number of aryl methyl sites for hydroxylation is 2. The van der Waals surface area contributed by atoms with E-state index in [0.29, 0.717) is 92.5 Å². The molecule has 0 radical (unpaired) electrons. The highest BCUT2D eigenvalue weighted by molar-refractivity contribution is 9.09. The van der Waals surface area contributed by atoms with Crippen molar-refractivity contribution in [2.45, 2.75) is 146 Å². The van der Waals surface area contributed by atoms with Crippen molar-refractivity contribution in [1.82, 2.24) is 30.7 Å². The number of carbonyl (C=O) groups is 8. The first kappa shape index (κ1) is 92.9. The summed E-state index contributed by atoms with van der Waals surface area (Å²) in [4.78, 5) is 99.8. The lowest BCUT2D eigenvalue weighted by Crippen LogP contribution is -2.27. The van der Waals surface area contributed by atoms with Crippen molar-refractivity contribution in [1.29, 1.82) is 5.26 Å². The van der Waals surface area contributed by atoms with Gasteiger partial charge in [-0.25, -0.2) is 40.9 Å². The van der Waals surface area contributed by atoms with Crippen molar-refractivity contribution in [3.63, 3.8) is 0 Å². The summed E-state index contributed by atoms with van der Waals surface area (Å²) in [5, 5.41) is 15.6. The number of amides is 9. The van der Waals surface area contributed by atoms with Crippen LogP contribution in [0.3, 0.4) is 0 Å². The summed E-state index contributed by atoms with van der Waals surface area (Å²) in [5.74, 6) is 0.0207. The molecule has 27 nitrogen and oxygen atoms in total. The summed E-state index contributed by atoms with van der Waals surface area (Å²) >= 11 is 2.94. The third-order valence-corrected chi connectivity index (χ3v) is 20.7. The largest absolute Gasteiger partial charge is 0.490 e. The summed E-state index contributed by atoms with van der Waals surface area (Å²) in [6, 6.07) is 50.8. The number of hydrogen-bond acceptors (Lipinski definition) is 19. The van der Waals surface area contributed by atoms with Crippen molar-refractivity contribution in [2.24, 2.45) is 11.5 Å². The van der Waals surface area contributed by atoms with Gasteiger partial charge in [-0.3, -0.25) is 39.9 Å². The number of hydrogen-bond donors (Lipinski definition) is 5. The van der Waals surface area contributed by atoms with Crippen LogP contribution >= 0.6 is 39.0 Å². The smallest absolute Gasteiger partial charge is 0.324 e. The number of nitrogens with two attached hydrogens (primary N) is 2. The number of esters is 2. The summed E-state index contributed by atoms with van der Waals surface area (Å²) in [6.45, 7) is 20.5. The van der Waals surface area contributed by atoms with Crippen molar-refractivity contribution < 1.29 is 74.1 Å². The van der Waals surface area contributed by atoms with E-state index in [4.69, 9.17) is 54.8 Å². The number of urea groups is 3. The van der Waals surface area contributed by atoms with E-state index in [1.165, 1.54) is 39.7 Å². The molecule has 600 valence electrons. The predicted octanol–water partition coefficient (Wildman–Crippen LogP) is 13.0. The summed E-state index contributed by atoms with van der Waals surface area (Å²) < 4.78 is 68.9. The number of ether oxygens (including phenoxy) is 4. The van der Waals surface area contributed by atoms with Gasteiger partial charge in [0.1, 0.15) is 36.5 Å². The van der Waals surface area contributed by atoms with Crippen LogP contribution in [0, 0.1) is 24.5 Å². The summed E-state index contributed by atoms with van der Waals surface area (Å²) in [5.41, 5.74) is 19.7. The molecule has 7 aromatic rings. The molecule has 0 aromatic heterocycles. The van der Waals surface area contributed by atoms with Gasteiger partial charge in [-0.2, -0.15) is 5.26 Å². The lowest BCUT2D eigenvalue weighted by atomic mass is 10.1. The van der Waals surface area contributed by atoms with Crippen molar-refractivity contribution in [2.75, 3.05) is 43.9 Å². The Labute approximate surface area is 678 Å². The molecular weight excluding hydrogens is 1600 g/mol. The molecule has 7 aromatic carbocycles. The Morgan fingerprint density at radius 2 is 0.885 bits per heavy atom. The molecule has 7 N–H and O–H groups in total. The summed E-state index contributed by atoms with van der Waals surface area (Å²) in [6.07, 6.45) is 11.7. The molecule has 3 saturated heterocycles. The number of nitriles is 1. The van der Waals surface area contributed by atoms with Gasteiger partial charge in [0, 0.05) is 55.9 Å². The highest BCUT2D eigenvalue weighted by atomic mass is 79.9. The lowest BCUT2D eigenvalue weighted by Gasteiger charge is -2.14. The fourth-order valence-corrected chi connectivity index (χ4v) is 13.6. The average Bonchev–Trinajstić information content (AvgIpc) is 1.46. The molecule has 5 aliphatic rings. The number of imide groups is 3. The van der Waals surface area contributed by atoms with Crippen LogP contribution in [0.25, 0.3) is 9.69 Å². The highest BCUT2D eigenvalue weighted by Crippen LogP contribution is 2.29. The molecule has 0 spiro atoms. The zero-order valence-corrected chi connectivity index (χ0v) is 67.4. The maximum atomic E-state index is 12.8. The molecule has 0 bridgehead atoms. The van der Waals surface area contributed by atoms with Crippen LogP contribution in [0.15, 0.2) is 180 Å². The second-order valence-electron chi connectivity index (χ2n) is 25.6. The Balaban J connectivity index is 0.000000246. The van der Waals surface area contributed by atoms with E-state index in [9.17, 15) is 55.2 Å². The molecule has 113 heavy (non-hydrogen) atoms. The van der Waals surface area contributed by atoms with E-state index in [0.717, 1.165) is 90.3 Å². The molecule has 3 aliphatic heterocycles. The van der Waals surface area contributed by atoms with Crippen LogP contribution in [0.5, 0.6) is 11.5 Å². The minimum Gasteiger partial charge on any atom is -0.490 e. The van der Waals surface area contributed by atoms with Crippen LogP contribution in [0.1, 0.15) is 123 Å². The molecule has 32 heteroatoms. The molecule has 0 unspecified atom stereocenters. The molecule has 9 amide bonds. The average molecular weight is 1690 g/mol. The number of alkyl halides is 1. The Morgan fingerprint density at radius 1 is 0.531 bits per heavy atom. The zero-order valence-electron chi connectivity index (χ0n) is 62.6. The number of rotatable bonds is 24. The van der Waals surface area contributed by atoms with Gasteiger partial charge in [0.2, 0.25) is 17.7 Å². The van der Waals surface area contributed by atoms with Crippen LogP contribution in [0.4, 0.5) is 25.8 Å². The maximum absolute atomic E-state index is 12.8. The SMILES string of the molecule is CCOC(=O)CBr.Cl.N#Cc1ccc(CN2CC(=O)NC2=O)cc1.NCc1ccc(CN2CC(=O)NC2=O)cc1.O=C1CN(Cc2ccc(CCS(=O)(=O)c3cccc(OC4CCCC4)c3)cc2)C(=O)N1.O=S(=O)(Cl)c1cccc(OC2CCCC2)c1.[C-]#[N+]c1ccc(CCCC(=O)OCC)cc1.[C-]#[N+]c1ccc(CN)cc1. The van der Waals surface area contributed by atoms with Crippen LogP contribution in [-0.2, 0) is 97.9 Å². The molecular formula is C81H92BrCl2N11O16S2. The Bertz CT molecular complexity index is 4650. The van der Waals surface area contributed by atoms with Gasteiger partial charge in [0.15, 0.2) is 21.2 Å². The standard InChI is InChI=1S/C23H26N2O5S.C13H15NO2.C11H13ClO3S.C11H13N3O2.C11H9N3O2.C8H8N2.C4H7BrO2.ClH/c26-22-16-25(23(27)24-22)15-18-10-8-17(9-11-18)12-13-31(28,29)21-7-3-6-20(14-21)30-19-4-1-2-5-19;1-3-16-13(15)6-4-5-11-7-9-12(14-2)10-8-11;12-16(13,14)11-7-3-6-10(8-11)15-9-4-1-2-5-9;2*12-5-8-1-3-9(4-2-8)6-14-7-10(15)13-11(14)16;1-10-8-4-2-7(6-9)3-5-8;1-2-7-4(6)3-5;/h3,6-11,14,19H,1-2,4-5,12-13,15-16H2,(H,24,26,27);7-10H,3-6H2,1H3;3,6-9H,1-2,4-5H2;1-4H,5-7,12H2,(H,13,15,16);1-4H,6-7H2,(H,13,15,16);2-5H,6,9H2;2-3H2,1H3;1H. The van der Waals surface area contributed by atoms with Gasteiger partial charge in [0.05, 0.1) is 65.7 Å². The molecule has 5 fully saturated rings. The zero-order chi connectivity index (χ0) is 81.4. The van der Waals surface area contributed by atoms with E-state index >= 15 is 0 Å². The highest BCUT2D eigenvalue weighted by Gasteiger charge is 2.29. The molecule has 0 atom stereocenters. The second-order valence-corrected chi connectivity index (χ2v) is 30.9. The van der Waals surface area contributed by atoms with E-state index in [1.807, 2.05) is 84.9 Å². The minimum atomic E-state index is -3.67. The number of carbonyl (C=O) groups excluding carboxylic acids is 8. The fourth-order valence-electron chi connectivity index (χ4n) is 11.3. The van der Waals surface area contributed by atoms with Gasteiger partial charge in [-0.15, -0.1) is 12.4 Å². The number of nitrogens with one attached hydrogen (secondary N) is 3. The third-order valence-electron chi connectivity index (χ3n) is 17.1. The summed E-state index contributed by atoms with van der Waals surface area (Å²) in [7, 11) is -1.84. The van der Waals surface area contributed by atoms with Gasteiger partial charge in [-0.1, -0.05) is 143 Å². The number of benzene rings is 7. The number of nitrogens with zero attached hydrogens (tertiary/aromatic N) is 6. The Kier molecular flexibility index (Phi) is 40.2. The second kappa shape index (κ2) is 48.9. The van der Waals surface area contributed by atoms with Gasteiger partial charge in [-0.05, 0) is 160 Å². The first-order chi connectivity index (χ1) is 53.7. The Morgan fingerprint density at radius 3 is 1.24 bits per heavy atom. The molecule has 2 aliphatic carbocycles. The third kappa shape index (κ3) is 34.0. The molecule has 2 saturated carbocycles. The minimum absolute atomic E-state index is 0. The van der Waals surface area contributed by atoms with E-state index in [1.54, 1.807) is 92.7 Å². The van der Waals surface area contributed by atoms with Crippen molar-refractivity contribution in [3.8, 4) is 17.6 Å². The maximum Gasteiger partial charge on any atom is 0.324 e. The first-order valence-corrected chi connectivity index (χ1v) is 41.2. The molecule has 3 heterocycles. The molecule has 12 rings (SSSR count). The van der Waals surface area contributed by atoms with Crippen molar-refractivity contribution in [3.05, 3.63) is 237 Å². The number of halogens is 3. The van der Waals surface area contributed by atoms with Crippen LogP contribution < -0.4 is 36.9 Å². The van der Waals surface area contributed by atoms with Gasteiger partial charge < -0.3 is 45.1 Å². The topological polar surface area (TPSA) is 372 Å². The van der Waals surface area contributed by atoms with Crippen LogP contribution in [-0.4, -0.2) is 135 Å². The lowest BCUT2D eigenvalue weighted by molar-refractivity contribution is -0.143. The monoisotopic (exact) mass is 1690 g/mol. The van der Waals surface area contributed by atoms with Gasteiger partial charge in [0.25, 0.3) is 9.05 Å². The van der Waals surface area contributed by atoms with E-state index in [2.05, 4.69) is 46.3 Å². The predicted molar refractivity (Wildman–Crippen MR) is 432 cm³/mol.